The molecule has 0 spiro atoms. The van der Waals surface area contributed by atoms with Crippen LogP contribution in [0.1, 0.15) is 22.3 Å². The van der Waals surface area contributed by atoms with Gasteiger partial charge in [0.1, 0.15) is 0 Å². The van der Waals surface area contributed by atoms with Crippen molar-refractivity contribution in [2.45, 2.75) is 19.2 Å². The van der Waals surface area contributed by atoms with Crippen LogP contribution in [0.25, 0.3) is 5.57 Å². The Kier molecular flexibility index (Phi) is 5.58. The molecule has 3 aromatic rings. The van der Waals surface area contributed by atoms with Crippen molar-refractivity contribution < 1.29 is 9.59 Å². The minimum absolute atomic E-state index is 0.219. The molecule has 2 aromatic carbocycles. The number of nitrogens with zero attached hydrogens (tertiary/aromatic N) is 2. The third kappa shape index (κ3) is 4.15. The summed E-state index contributed by atoms with van der Waals surface area (Å²) in [6.07, 6.45) is 3.36. The number of pyridine rings is 1. The highest BCUT2D eigenvalue weighted by Crippen LogP contribution is 2.38. The predicted octanol–water partition coefficient (Wildman–Crippen LogP) is 4.60. The van der Waals surface area contributed by atoms with Gasteiger partial charge in [-0.1, -0.05) is 66.2 Å². The molecule has 1 aromatic heterocycles. The van der Waals surface area contributed by atoms with Gasteiger partial charge < -0.3 is 0 Å². The number of aryl methyl sites for hydroxylation is 1. The Morgan fingerprint density at radius 2 is 1.59 bits per heavy atom. The van der Waals surface area contributed by atoms with E-state index in [0.29, 0.717) is 16.2 Å². The molecule has 0 saturated carbocycles. The Morgan fingerprint density at radius 1 is 0.862 bits per heavy atom. The second-order valence-corrected chi connectivity index (χ2v) is 7.89. The maximum Gasteiger partial charge on any atom is 0.268 e. The van der Waals surface area contributed by atoms with Crippen molar-refractivity contribution in [1.82, 2.24) is 9.88 Å². The molecular formula is C24H20N2O2S. The van der Waals surface area contributed by atoms with Crippen LogP contribution in [0.4, 0.5) is 0 Å². The first-order valence-electron chi connectivity index (χ1n) is 9.36. The van der Waals surface area contributed by atoms with Gasteiger partial charge in [-0.15, -0.1) is 11.8 Å². The molecule has 1 aliphatic heterocycles. The smallest absolute Gasteiger partial charge is 0.268 e. The number of thioether (sulfide) groups is 1. The van der Waals surface area contributed by atoms with E-state index in [1.165, 1.54) is 16.7 Å². The maximum atomic E-state index is 13.2. The fraction of sp³-hybridized carbons (Fsp3) is 0.125. The van der Waals surface area contributed by atoms with Crippen LogP contribution in [0.2, 0.25) is 0 Å². The second kappa shape index (κ2) is 8.45. The van der Waals surface area contributed by atoms with Gasteiger partial charge in [0.2, 0.25) is 0 Å². The largest absolute Gasteiger partial charge is 0.269 e. The zero-order chi connectivity index (χ0) is 20.2. The van der Waals surface area contributed by atoms with E-state index in [1.54, 1.807) is 18.5 Å². The molecule has 0 fully saturated rings. The summed E-state index contributed by atoms with van der Waals surface area (Å²) >= 11 is 1.42. The number of benzene rings is 2. The van der Waals surface area contributed by atoms with E-state index in [-0.39, 0.29) is 18.4 Å². The molecule has 144 valence electrons. The van der Waals surface area contributed by atoms with Crippen LogP contribution in [-0.2, 0) is 21.9 Å². The number of aromatic nitrogens is 1. The van der Waals surface area contributed by atoms with Crippen LogP contribution in [0.3, 0.4) is 0 Å². The zero-order valence-corrected chi connectivity index (χ0v) is 16.9. The van der Waals surface area contributed by atoms with Crippen molar-refractivity contribution in [2.75, 3.05) is 0 Å². The van der Waals surface area contributed by atoms with Gasteiger partial charge in [-0.3, -0.25) is 19.5 Å². The molecule has 29 heavy (non-hydrogen) atoms. The van der Waals surface area contributed by atoms with Crippen molar-refractivity contribution >= 4 is 29.1 Å². The molecular weight excluding hydrogens is 380 g/mol. The van der Waals surface area contributed by atoms with Gasteiger partial charge in [0.25, 0.3) is 11.8 Å². The van der Waals surface area contributed by atoms with Crippen molar-refractivity contribution in [3.05, 3.63) is 106 Å². The normalized spacial score (nSPS) is 14.0. The minimum atomic E-state index is -0.252. The molecule has 5 heteroatoms. The average molecular weight is 401 g/mol. The lowest BCUT2D eigenvalue weighted by molar-refractivity contribution is -0.137. The molecule has 0 N–H and O–H groups in total. The first-order valence-corrected chi connectivity index (χ1v) is 10.3. The lowest BCUT2D eigenvalue weighted by Crippen LogP contribution is -2.31. The SMILES string of the molecule is Cc1ccc(C2=C(SCc3ccccc3)C(=O)N(Cc3cccnc3)C2=O)cc1. The van der Waals surface area contributed by atoms with Crippen LogP contribution in [0.15, 0.2) is 84.0 Å². The van der Waals surface area contributed by atoms with E-state index < -0.39 is 0 Å². The summed E-state index contributed by atoms with van der Waals surface area (Å²) in [5.74, 6) is 0.138. The molecule has 0 atom stereocenters. The number of hydrogen-bond acceptors (Lipinski definition) is 4. The highest BCUT2D eigenvalue weighted by Gasteiger charge is 2.39. The summed E-state index contributed by atoms with van der Waals surface area (Å²) in [6, 6.07) is 21.4. The topological polar surface area (TPSA) is 50.3 Å². The summed E-state index contributed by atoms with van der Waals surface area (Å²) in [5, 5.41) is 0. The predicted molar refractivity (Wildman–Crippen MR) is 116 cm³/mol. The fourth-order valence-electron chi connectivity index (χ4n) is 3.21. The van der Waals surface area contributed by atoms with E-state index >= 15 is 0 Å². The van der Waals surface area contributed by atoms with Crippen molar-refractivity contribution in [3.8, 4) is 0 Å². The Bertz CT molecular complexity index is 1060. The zero-order valence-electron chi connectivity index (χ0n) is 16.0. The Hall–Kier alpha value is -3.18. The van der Waals surface area contributed by atoms with Crippen LogP contribution in [-0.4, -0.2) is 21.7 Å². The van der Waals surface area contributed by atoms with E-state index in [9.17, 15) is 9.59 Å². The van der Waals surface area contributed by atoms with Crippen molar-refractivity contribution in [1.29, 1.82) is 0 Å². The molecule has 0 aliphatic carbocycles. The summed E-state index contributed by atoms with van der Waals surface area (Å²) < 4.78 is 0. The molecule has 4 rings (SSSR count). The number of carbonyl (C=O) groups is 2. The van der Waals surface area contributed by atoms with Gasteiger partial charge in [0.15, 0.2) is 0 Å². The summed E-state index contributed by atoms with van der Waals surface area (Å²) in [4.78, 5) is 32.4. The Balaban J connectivity index is 1.67. The van der Waals surface area contributed by atoms with Gasteiger partial charge in [0, 0.05) is 18.1 Å². The number of amides is 2. The number of rotatable bonds is 6. The lowest BCUT2D eigenvalue weighted by Gasteiger charge is -2.15. The highest BCUT2D eigenvalue weighted by atomic mass is 32.2. The number of hydrogen-bond donors (Lipinski definition) is 0. The molecule has 0 saturated heterocycles. The van der Waals surface area contributed by atoms with E-state index in [4.69, 9.17) is 0 Å². The molecule has 0 radical (unpaired) electrons. The van der Waals surface area contributed by atoms with Gasteiger partial charge in [-0.25, -0.2) is 0 Å². The fourth-order valence-corrected chi connectivity index (χ4v) is 4.30. The third-order valence-electron chi connectivity index (χ3n) is 4.76. The highest BCUT2D eigenvalue weighted by molar-refractivity contribution is 8.03. The van der Waals surface area contributed by atoms with Crippen molar-refractivity contribution in [3.63, 3.8) is 0 Å². The first kappa shape index (κ1) is 19.2. The van der Waals surface area contributed by atoms with Crippen LogP contribution < -0.4 is 0 Å². The molecule has 4 nitrogen and oxygen atoms in total. The van der Waals surface area contributed by atoms with Crippen LogP contribution in [0.5, 0.6) is 0 Å². The second-order valence-electron chi connectivity index (χ2n) is 6.90. The third-order valence-corrected chi connectivity index (χ3v) is 5.90. The van der Waals surface area contributed by atoms with Crippen LogP contribution in [0, 0.1) is 6.92 Å². The van der Waals surface area contributed by atoms with Gasteiger partial charge >= 0.3 is 0 Å². The summed E-state index contributed by atoms with van der Waals surface area (Å²) in [5.41, 5.74) is 4.31. The quantitative estimate of drug-likeness (QED) is 0.567. The molecule has 1 aliphatic rings. The lowest BCUT2D eigenvalue weighted by atomic mass is 10.0. The minimum Gasteiger partial charge on any atom is -0.269 e. The van der Waals surface area contributed by atoms with E-state index in [0.717, 1.165) is 22.3 Å². The maximum absolute atomic E-state index is 13.2. The standard InChI is InChI=1S/C24H20N2O2S/c1-17-9-11-20(12-10-17)21-22(29-16-18-6-3-2-4-7-18)24(28)26(23(21)27)15-19-8-5-13-25-14-19/h2-14H,15-16H2,1H3. The van der Waals surface area contributed by atoms with E-state index in [1.807, 2.05) is 67.6 Å². The monoisotopic (exact) mass is 400 g/mol. The Morgan fingerprint density at radius 3 is 2.28 bits per heavy atom. The number of carbonyl (C=O) groups excluding carboxylic acids is 2. The van der Waals surface area contributed by atoms with Crippen LogP contribution >= 0.6 is 11.8 Å². The number of imide groups is 1. The van der Waals surface area contributed by atoms with Gasteiger partial charge in [-0.05, 0) is 29.7 Å². The summed E-state index contributed by atoms with van der Waals surface area (Å²) in [7, 11) is 0. The Labute approximate surface area is 174 Å². The molecule has 2 amide bonds. The van der Waals surface area contributed by atoms with Gasteiger partial charge in [-0.2, -0.15) is 0 Å². The van der Waals surface area contributed by atoms with E-state index in [2.05, 4.69) is 4.98 Å². The molecule has 2 heterocycles. The average Bonchev–Trinajstić information content (AvgIpc) is 2.98. The summed E-state index contributed by atoms with van der Waals surface area (Å²) in [6.45, 7) is 2.22. The molecule has 0 bridgehead atoms. The van der Waals surface area contributed by atoms with Crippen molar-refractivity contribution in [2.24, 2.45) is 0 Å². The van der Waals surface area contributed by atoms with Gasteiger partial charge in [0.05, 0.1) is 17.0 Å². The molecule has 0 unspecified atom stereocenters. The first-order chi connectivity index (χ1) is 14.1.